The summed E-state index contributed by atoms with van der Waals surface area (Å²) in [5, 5.41) is 6.67. The molecular formula is C15H28N2O. The summed E-state index contributed by atoms with van der Waals surface area (Å²) >= 11 is 0. The summed E-state index contributed by atoms with van der Waals surface area (Å²) < 4.78 is 0. The summed E-state index contributed by atoms with van der Waals surface area (Å²) in [4.78, 5) is 12.5. The summed E-state index contributed by atoms with van der Waals surface area (Å²) in [6.07, 6.45) is 5.57. The lowest BCUT2D eigenvalue weighted by atomic mass is 9.78. The molecule has 1 saturated carbocycles. The molecule has 104 valence electrons. The first-order chi connectivity index (χ1) is 8.55. The number of nitrogens with one attached hydrogen (secondary N) is 2. The highest BCUT2D eigenvalue weighted by Gasteiger charge is 2.40. The molecule has 1 heterocycles. The van der Waals surface area contributed by atoms with Gasteiger partial charge in [-0.05, 0) is 50.5 Å². The third-order valence-corrected chi connectivity index (χ3v) is 4.92. The molecule has 0 aromatic carbocycles. The topological polar surface area (TPSA) is 41.1 Å². The van der Waals surface area contributed by atoms with E-state index in [-0.39, 0.29) is 5.41 Å². The van der Waals surface area contributed by atoms with E-state index in [1.165, 1.54) is 6.42 Å². The van der Waals surface area contributed by atoms with Gasteiger partial charge in [-0.15, -0.1) is 0 Å². The Kier molecular flexibility index (Phi) is 4.31. The van der Waals surface area contributed by atoms with Gasteiger partial charge in [-0.3, -0.25) is 4.79 Å². The monoisotopic (exact) mass is 252 g/mol. The second-order valence-corrected chi connectivity index (χ2v) is 6.65. The van der Waals surface area contributed by atoms with Crippen LogP contribution in [0.2, 0.25) is 0 Å². The molecule has 1 saturated heterocycles. The average Bonchev–Trinajstić information content (AvgIpc) is 2.77. The predicted octanol–water partition coefficient (Wildman–Crippen LogP) is 2.32. The van der Waals surface area contributed by atoms with Gasteiger partial charge in [0.05, 0.1) is 5.41 Å². The van der Waals surface area contributed by atoms with Gasteiger partial charge in [0.2, 0.25) is 5.91 Å². The minimum absolute atomic E-state index is 0.135. The molecule has 1 amide bonds. The third-order valence-electron chi connectivity index (χ3n) is 4.92. The molecule has 0 spiro atoms. The zero-order valence-corrected chi connectivity index (χ0v) is 12.1. The molecule has 0 radical (unpaired) electrons. The maximum atomic E-state index is 12.5. The fraction of sp³-hybridized carbons (Fsp3) is 0.933. The van der Waals surface area contributed by atoms with Crippen LogP contribution in [0.1, 0.15) is 52.9 Å². The van der Waals surface area contributed by atoms with Crippen LogP contribution in [0.4, 0.5) is 0 Å². The van der Waals surface area contributed by atoms with E-state index in [9.17, 15) is 4.79 Å². The van der Waals surface area contributed by atoms with E-state index >= 15 is 0 Å². The molecule has 1 aliphatic carbocycles. The standard InChI is InChI=1S/C15H28N2O/c1-4-15(5-6-16-10-15)14(18)17-13-8-11(2)7-12(3)9-13/h11-13,16H,4-10H2,1-3H3,(H,17,18). The molecule has 2 N–H and O–H groups in total. The van der Waals surface area contributed by atoms with Crippen LogP contribution in [0, 0.1) is 17.3 Å². The second-order valence-electron chi connectivity index (χ2n) is 6.65. The van der Waals surface area contributed by atoms with Crippen molar-refractivity contribution >= 4 is 5.91 Å². The first kappa shape index (κ1) is 13.9. The van der Waals surface area contributed by atoms with Crippen molar-refractivity contribution in [1.29, 1.82) is 0 Å². The van der Waals surface area contributed by atoms with E-state index in [1.54, 1.807) is 0 Å². The summed E-state index contributed by atoms with van der Waals surface area (Å²) in [6.45, 7) is 8.59. The van der Waals surface area contributed by atoms with Crippen molar-refractivity contribution in [2.45, 2.75) is 58.9 Å². The van der Waals surface area contributed by atoms with Crippen LogP contribution in [0.3, 0.4) is 0 Å². The van der Waals surface area contributed by atoms with Crippen molar-refractivity contribution in [1.82, 2.24) is 10.6 Å². The Balaban J connectivity index is 1.94. The Labute approximate surface area is 111 Å². The lowest BCUT2D eigenvalue weighted by Crippen LogP contribution is -2.48. The van der Waals surface area contributed by atoms with Crippen LogP contribution in [-0.2, 0) is 4.79 Å². The predicted molar refractivity (Wildman–Crippen MR) is 74.3 cm³/mol. The third kappa shape index (κ3) is 2.87. The fourth-order valence-corrected chi connectivity index (χ4v) is 3.80. The molecule has 3 atom stereocenters. The number of hydrogen-bond acceptors (Lipinski definition) is 2. The van der Waals surface area contributed by atoms with Crippen LogP contribution in [0.5, 0.6) is 0 Å². The normalized spacial score (nSPS) is 40.7. The highest BCUT2D eigenvalue weighted by Crippen LogP contribution is 2.32. The quantitative estimate of drug-likeness (QED) is 0.809. The molecule has 3 unspecified atom stereocenters. The highest BCUT2D eigenvalue weighted by molar-refractivity contribution is 5.83. The van der Waals surface area contributed by atoms with Gasteiger partial charge >= 0.3 is 0 Å². The van der Waals surface area contributed by atoms with Crippen molar-refractivity contribution in [3.05, 3.63) is 0 Å². The van der Waals surface area contributed by atoms with E-state index in [1.807, 2.05) is 0 Å². The molecule has 3 nitrogen and oxygen atoms in total. The minimum atomic E-state index is -0.135. The lowest BCUT2D eigenvalue weighted by molar-refractivity contribution is -0.131. The van der Waals surface area contributed by atoms with Gasteiger partial charge in [-0.25, -0.2) is 0 Å². The van der Waals surface area contributed by atoms with Gasteiger partial charge in [0.25, 0.3) is 0 Å². The SMILES string of the molecule is CCC1(C(=O)NC2CC(C)CC(C)C2)CCNC1. The van der Waals surface area contributed by atoms with E-state index in [0.29, 0.717) is 11.9 Å². The van der Waals surface area contributed by atoms with Crippen LogP contribution in [0.25, 0.3) is 0 Å². The van der Waals surface area contributed by atoms with Crippen molar-refractivity contribution in [2.75, 3.05) is 13.1 Å². The first-order valence-electron chi connectivity index (χ1n) is 7.57. The van der Waals surface area contributed by atoms with Crippen LogP contribution in [0.15, 0.2) is 0 Å². The molecule has 18 heavy (non-hydrogen) atoms. The molecule has 0 bridgehead atoms. The van der Waals surface area contributed by atoms with E-state index in [0.717, 1.165) is 50.6 Å². The van der Waals surface area contributed by atoms with Crippen molar-refractivity contribution < 1.29 is 4.79 Å². The van der Waals surface area contributed by atoms with Gasteiger partial charge < -0.3 is 10.6 Å². The molecule has 2 rings (SSSR count). The van der Waals surface area contributed by atoms with Crippen molar-refractivity contribution in [3.63, 3.8) is 0 Å². The summed E-state index contributed by atoms with van der Waals surface area (Å²) in [7, 11) is 0. The Hall–Kier alpha value is -0.570. The Morgan fingerprint density at radius 3 is 2.44 bits per heavy atom. The summed E-state index contributed by atoms with van der Waals surface area (Å²) in [5.74, 6) is 1.79. The van der Waals surface area contributed by atoms with E-state index in [2.05, 4.69) is 31.4 Å². The number of amides is 1. The molecular weight excluding hydrogens is 224 g/mol. The van der Waals surface area contributed by atoms with Crippen molar-refractivity contribution in [2.24, 2.45) is 17.3 Å². The minimum Gasteiger partial charge on any atom is -0.353 e. The van der Waals surface area contributed by atoms with Gasteiger partial charge in [0, 0.05) is 12.6 Å². The molecule has 2 fully saturated rings. The highest BCUT2D eigenvalue weighted by atomic mass is 16.2. The van der Waals surface area contributed by atoms with Gasteiger partial charge in [-0.1, -0.05) is 20.8 Å². The average molecular weight is 252 g/mol. The molecule has 0 aromatic heterocycles. The van der Waals surface area contributed by atoms with Crippen LogP contribution in [-0.4, -0.2) is 25.0 Å². The van der Waals surface area contributed by atoms with E-state index in [4.69, 9.17) is 0 Å². The maximum absolute atomic E-state index is 12.5. The maximum Gasteiger partial charge on any atom is 0.227 e. The number of hydrogen-bond donors (Lipinski definition) is 2. The molecule has 3 heteroatoms. The van der Waals surface area contributed by atoms with Crippen LogP contribution < -0.4 is 10.6 Å². The zero-order valence-electron chi connectivity index (χ0n) is 12.1. The van der Waals surface area contributed by atoms with Crippen molar-refractivity contribution in [3.8, 4) is 0 Å². The molecule has 0 aromatic rings. The van der Waals surface area contributed by atoms with Gasteiger partial charge in [0.15, 0.2) is 0 Å². The number of rotatable bonds is 3. The number of carbonyl (C=O) groups is 1. The Bertz CT molecular complexity index is 287. The summed E-state index contributed by atoms with van der Waals surface area (Å²) in [6, 6.07) is 0.403. The molecule has 1 aliphatic heterocycles. The molecule has 2 aliphatic rings. The number of carbonyl (C=O) groups excluding carboxylic acids is 1. The first-order valence-corrected chi connectivity index (χ1v) is 7.57. The Morgan fingerprint density at radius 2 is 1.94 bits per heavy atom. The fourth-order valence-electron chi connectivity index (χ4n) is 3.80. The largest absolute Gasteiger partial charge is 0.353 e. The summed E-state index contributed by atoms with van der Waals surface area (Å²) in [5.41, 5.74) is -0.135. The smallest absolute Gasteiger partial charge is 0.227 e. The van der Waals surface area contributed by atoms with Crippen LogP contribution >= 0.6 is 0 Å². The second kappa shape index (κ2) is 5.60. The van der Waals surface area contributed by atoms with Gasteiger partial charge in [-0.2, -0.15) is 0 Å². The lowest BCUT2D eigenvalue weighted by Gasteiger charge is -2.35. The Morgan fingerprint density at radius 1 is 1.28 bits per heavy atom. The zero-order chi connectivity index (χ0) is 13.2. The van der Waals surface area contributed by atoms with Gasteiger partial charge in [0.1, 0.15) is 0 Å². The van der Waals surface area contributed by atoms with E-state index < -0.39 is 0 Å².